The van der Waals surface area contributed by atoms with E-state index in [4.69, 9.17) is 9.73 Å². The summed E-state index contributed by atoms with van der Waals surface area (Å²) in [5.41, 5.74) is 2.48. The van der Waals surface area contributed by atoms with Crippen molar-refractivity contribution >= 4 is 5.96 Å². The normalized spacial score (nSPS) is 15.4. The van der Waals surface area contributed by atoms with Crippen molar-refractivity contribution in [3.8, 4) is 5.75 Å². The van der Waals surface area contributed by atoms with Gasteiger partial charge in [0.1, 0.15) is 5.75 Å². The Morgan fingerprint density at radius 1 is 1.15 bits per heavy atom. The average molecular weight is 352 g/mol. The minimum Gasteiger partial charge on any atom is -0.496 e. The number of methoxy groups -OCH3 is 1. The van der Waals surface area contributed by atoms with Crippen LogP contribution in [0.5, 0.6) is 5.75 Å². The molecule has 0 amide bonds. The highest BCUT2D eigenvalue weighted by Crippen LogP contribution is 2.51. The largest absolute Gasteiger partial charge is 0.496 e. The first-order chi connectivity index (χ1) is 12.8. The molecular weight excluding hydrogens is 324 g/mol. The molecule has 0 atom stereocenters. The van der Waals surface area contributed by atoms with Gasteiger partial charge in [-0.2, -0.15) is 0 Å². The molecule has 0 saturated heterocycles. The van der Waals surface area contributed by atoms with Crippen LogP contribution < -0.4 is 15.4 Å². The van der Waals surface area contributed by atoms with E-state index in [-0.39, 0.29) is 5.41 Å². The Bertz CT molecular complexity index is 726. The highest BCUT2D eigenvalue weighted by atomic mass is 16.5. The first-order valence-electron chi connectivity index (χ1n) is 9.33. The number of hydrogen-bond donors (Lipinski definition) is 2. The van der Waals surface area contributed by atoms with Crippen molar-refractivity contribution in [2.45, 2.75) is 31.6 Å². The van der Waals surface area contributed by atoms with Crippen molar-refractivity contribution in [2.24, 2.45) is 4.99 Å². The van der Waals surface area contributed by atoms with E-state index in [1.54, 1.807) is 7.11 Å². The summed E-state index contributed by atoms with van der Waals surface area (Å²) in [6.07, 6.45) is 5.02. The molecule has 0 radical (unpaired) electrons. The number of benzene rings is 1. The lowest BCUT2D eigenvalue weighted by Crippen LogP contribution is -2.39. The van der Waals surface area contributed by atoms with Gasteiger partial charge >= 0.3 is 0 Å². The van der Waals surface area contributed by atoms with E-state index < -0.39 is 0 Å². The lowest BCUT2D eigenvalue weighted by molar-refractivity contribution is 0.404. The van der Waals surface area contributed by atoms with Crippen LogP contribution in [0.25, 0.3) is 0 Å². The van der Waals surface area contributed by atoms with Gasteiger partial charge in [0, 0.05) is 42.4 Å². The maximum Gasteiger partial charge on any atom is 0.191 e. The van der Waals surface area contributed by atoms with Crippen molar-refractivity contribution in [3.05, 3.63) is 59.9 Å². The smallest absolute Gasteiger partial charge is 0.191 e. The average Bonchev–Trinajstić information content (AvgIpc) is 3.48. The highest BCUT2D eigenvalue weighted by molar-refractivity contribution is 5.79. The highest BCUT2D eigenvalue weighted by Gasteiger charge is 2.46. The summed E-state index contributed by atoms with van der Waals surface area (Å²) in [6, 6.07) is 14.3. The van der Waals surface area contributed by atoms with Gasteiger partial charge in [0.2, 0.25) is 0 Å². The summed E-state index contributed by atoms with van der Waals surface area (Å²) in [5, 5.41) is 6.75. The van der Waals surface area contributed by atoms with Gasteiger partial charge < -0.3 is 15.4 Å². The molecule has 138 valence electrons. The minimum absolute atomic E-state index is 0.121. The number of pyridine rings is 1. The molecule has 26 heavy (non-hydrogen) atoms. The molecule has 1 saturated carbocycles. The Morgan fingerprint density at radius 2 is 1.96 bits per heavy atom. The Balaban J connectivity index is 1.61. The molecule has 2 N–H and O–H groups in total. The van der Waals surface area contributed by atoms with Crippen molar-refractivity contribution in [1.29, 1.82) is 0 Å². The van der Waals surface area contributed by atoms with Gasteiger partial charge in [-0.05, 0) is 38.0 Å². The van der Waals surface area contributed by atoms with E-state index in [9.17, 15) is 0 Å². The van der Waals surface area contributed by atoms with E-state index in [0.29, 0.717) is 0 Å². The molecule has 2 aromatic rings. The summed E-state index contributed by atoms with van der Waals surface area (Å²) in [4.78, 5) is 9.21. The zero-order chi connectivity index (χ0) is 18.2. The summed E-state index contributed by atoms with van der Waals surface area (Å²) in [7, 11) is 1.74. The molecule has 1 aliphatic rings. The quantitative estimate of drug-likeness (QED) is 0.566. The third kappa shape index (κ3) is 4.54. The van der Waals surface area contributed by atoms with E-state index in [1.165, 1.54) is 5.56 Å². The number of nitrogens with one attached hydrogen (secondary N) is 2. The van der Waals surface area contributed by atoms with Crippen molar-refractivity contribution < 1.29 is 4.74 Å². The number of aliphatic imine (C=N–C) groups is 1. The fourth-order valence-corrected chi connectivity index (χ4v) is 3.17. The lowest BCUT2D eigenvalue weighted by atomic mass is 9.95. The van der Waals surface area contributed by atoms with E-state index in [0.717, 1.165) is 56.3 Å². The second-order valence-corrected chi connectivity index (χ2v) is 6.67. The fraction of sp³-hybridized carbons (Fsp3) is 0.429. The van der Waals surface area contributed by atoms with Crippen LogP contribution >= 0.6 is 0 Å². The number of para-hydroxylation sites is 1. The molecule has 1 aromatic carbocycles. The number of hydrogen-bond acceptors (Lipinski definition) is 3. The Kier molecular flexibility index (Phi) is 6.10. The summed E-state index contributed by atoms with van der Waals surface area (Å²) in [5.74, 6) is 1.83. The van der Waals surface area contributed by atoms with Crippen molar-refractivity contribution in [1.82, 2.24) is 15.6 Å². The standard InChI is InChI=1S/C21H28N4O/c1-3-22-20(24-15-11-17-8-6-7-14-23-17)25-16-21(12-13-21)18-9-4-5-10-19(18)26-2/h4-10,14H,3,11-13,15-16H2,1-2H3,(H2,22,24,25). The van der Waals surface area contributed by atoms with Gasteiger partial charge in [-0.25, -0.2) is 0 Å². The molecule has 1 aliphatic carbocycles. The van der Waals surface area contributed by atoms with Gasteiger partial charge in [-0.3, -0.25) is 9.98 Å². The predicted molar refractivity (Wildman–Crippen MR) is 106 cm³/mol. The van der Waals surface area contributed by atoms with Gasteiger partial charge in [0.25, 0.3) is 0 Å². The van der Waals surface area contributed by atoms with Gasteiger partial charge in [-0.1, -0.05) is 24.3 Å². The summed E-state index contributed by atoms with van der Waals surface area (Å²) >= 11 is 0. The number of rotatable bonds is 8. The molecule has 0 aliphatic heterocycles. The Labute approximate surface area is 155 Å². The Morgan fingerprint density at radius 3 is 2.65 bits per heavy atom. The number of guanidine groups is 1. The van der Waals surface area contributed by atoms with Gasteiger partial charge in [0.05, 0.1) is 13.7 Å². The number of aromatic nitrogens is 1. The SMILES string of the molecule is CCNC(=NCC1(c2ccccc2OC)CC1)NCCc1ccccn1. The maximum atomic E-state index is 5.55. The zero-order valence-electron chi connectivity index (χ0n) is 15.7. The third-order valence-electron chi connectivity index (χ3n) is 4.82. The van der Waals surface area contributed by atoms with Gasteiger partial charge in [0.15, 0.2) is 5.96 Å². The zero-order valence-corrected chi connectivity index (χ0v) is 15.7. The van der Waals surface area contributed by atoms with E-state index in [1.807, 2.05) is 36.5 Å². The third-order valence-corrected chi connectivity index (χ3v) is 4.82. The van der Waals surface area contributed by atoms with Crippen LogP contribution in [0.15, 0.2) is 53.7 Å². The molecule has 0 bridgehead atoms. The molecule has 1 fully saturated rings. The van der Waals surface area contributed by atoms with Crippen LogP contribution in [0.1, 0.15) is 31.0 Å². The topological polar surface area (TPSA) is 58.5 Å². The maximum absolute atomic E-state index is 5.55. The van der Waals surface area contributed by atoms with E-state index in [2.05, 4.69) is 34.7 Å². The molecule has 3 rings (SSSR count). The second kappa shape index (κ2) is 8.70. The lowest BCUT2D eigenvalue weighted by Gasteiger charge is -2.18. The van der Waals surface area contributed by atoms with Gasteiger partial charge in [-0.15, -0.1) is 0 Å². The van der Waals surface area contributed by atoms with Crippen molar-refractivity contribution in [3.63, 3.8) is 0 Å². The fourth-order valence-electron chi connectivity index (χ4n) is 3.17. The molecule has 0 unspecified atom stereocenters. The number of ether oxygens (including phenoxy) is 1. The predicted octanol–water partition coefficient (Wildman–Crippen LogP) is 2.92. The molecule has 1 aromatic heterocycles. The van der Waals surface area contributed by atoms with Crippen LogP contribution in [0.4, 0.5) is 0 Å². The molecule has 5 heteroatoms. The van der Waals surface area contributed by atoms with Crippen LogP contribution in [0.3, 0.4) is 0 Å². The first kappa shape index (κ1) is 18.2. The molecule has 5 nitrogen and oxygen atoms in total. The molecule has 0 spiro atoms. The first-order valence-corrected chi connectivity index (χ1v) is 9.33. The number of nitrogens with zero attached hydrogens (tertiary/aromatic N) is 2. The van der Waals surface area contributed by atoms with Crippen LogP contribution in [-0.4, -0.2) is 37.7 Å². The summed E-state index contributed by atoms with van der Waals surface area (Å²) < 4.78 is 5.55. The van der Waals surface area contributed by atoms with Crippen LogP contribution in [0, 0.1) is 0 Å². The molecular formula is C21H28N4O. The monoisotopic (exact) mass is 352 g/mol. The second-order valence-electron chi connectivity index (χ2n) is 6.67. The molecule has 1 heterocycles. The van der Waals surface area contributed by atoms with Crippen molar-refractivity contribution in [2.75, 3.05) is 26.7 Å². The Hall–Kier alpha value is -2.56. The van der Waals surface area contributed by atoms with E-state index >= 15 is 0 Å². The summed E-state index contributed by atoms with van der Waals surface area (Å²) in [6.45, 7) is 4.51. The van der Waals surface area contributed by atoms with Crippen LogP contribution in [-0.2, 0) is 11.8 Å². The van der Waals surface area contributed by atoms with Crippen LogP contribution in [0.2, 0.25) is 0 Å². The minimum atomic E-state index is 0.121.